The maximum absolute atomic E-state index is 12.2. The minimum Gasteiger partial charge on any atom is -0.347 e. The average Bonchev–Trinajstić information content (AvgIpc) is 2.92. The highest BCUT2D eigenvalue weighted by Gasteiger charge is 2.20. The van der Waals surface area contributed by atoms with Gasteiger partial charge in [-0.3, -0.25) is 14.8 Å². The molecule has 0 aliphatic heterocycles. The first-order chi connectivity index (χ1) is 9.09. The van der Waals surface area contributed by atoms with E-state index in [0.717, 1.165) is 16.3 Å². The van der Waals surface area contributed by atoms with Gasteiger partial charge in [-0.05, 0) is 32.2 Å². The fourth-order valence-corrected chi connectivity index (χ4v) is 2.70. The van der Waals surface area contributed by atoms with E-state index in [2.05, 4.69) is 15.3 Å². The largest absolute Gasteiger partial charge is 0.347 e. The van der Waals surface area contributed by atoms with Crippen molar-refractivity contribution in [1.29, 1.82) is 0 Å². The van der Waals surface area contributed by atoms with Gasteiger partial charge in [0.25, 0.3) is 0 Å². The Labute approximate surface area is 116 Å². The lowest BCUT2D eigenvalue weighted by Gasteiger charge is -2.17. The number of carbonyl (C=O) groups is 1. The van der Waals surface area contributed by atoms with Crippen molar-refractivity contribution in [3.63, 3.8) is 0 Å². The van der Waals surface area contributed by atoms with Gasteiger partial charge in [-0.25, -0.2) is 0 Å². The molecule has 0 aliphatic rings. The van der Waals surface area contributed by atoms with Crippen molar-refractivity contribution >= 4 is 17.2 Å². The van der Waals surface area contributed by atoms with Crippen LogP contribution in [0.1, 0.15) is 42.1 Å². The number of rotatable bonds is 4. The molecular formula is C14H17N3OS. The molecule has 4 nitrogen and oxygen atoms in total. The highest BCUT2D eigenvalue weighted by Crippen LogP contribution is 2.22. The topological polar surface area (TPSA) is 54.9 Å². The second-order valence-corrected chi connectivity index (χ2v) is 5.47. The molecule has 2 atom stereocenters. The van der Waals surface area contributed by atoms with E-state index in [1.165, 1.54) is 0 Å². The van der Waals surface area contributed by atoms with Crippen molar-refractivity contribution in [2.45, 2.75) is 32.7 Å². The summed E-state index contributed by atoms with van der Waals surface area (Å²) < 4.78 is 0. The number of nitrogens with zero attached hydrogens (tertiary/aromatic N) is 2. The van der Waals surface area contributed by atoms with Crippen LogP contribution in [0.15, 0.2) is 29.9 Å². The maximum Gasteiger partial charge on any atom is 0.228 e. The first-order valence-electron chi connectivity index (χ1n) is 6.21. The average molecular weight is 275 g/mol. The molecule has 100 valence electrons. The summed E-state index contributed by atoms with van der Waals surface area (Å²) in [6, 6.07) is 3.80. The van der Waals surface area contributed by atoms with Crippen LogP contribution in [0.3, 0.4) is 0 Å². The summed E-state index contributed by atoms with van der Waals surface area (Å²) in [5, 5.41) is 4.97. The van der Waals surface area contributed by atoms with Crippen molar-refractivity contribution in [2.24, 2.45) is 0 Å². The Kier molecular flexibility index (Phi) is 4.27. The molecule has 2 heterocycles. The molecule has 1 amide bonds. The molecule has 0 bridgehead atoms. The van der Waals surface area contributed by atoms with E-state index < -0.39 is 0 Å². The molecule has 0 saturated heterocycles. The summed E-state index contributed by atoms with van der Waals surface area (Å²) in [7, 11) is 0. The van der Waals surface area contributed by atoms with E-state index in [9.17, 15) is 4.79 Å². The van der Waals surface area contributed by atoms with Crippen molar-refractivity contribution < 1.29 is 4.79 Å². The van der Waals surface area contributed by atoms with Crippen LogP contribution in [-0.4, -0.2) is 15.9 Å². The molecule has 0 spiro atoms. The number of nitrogens with one attached hydrogen (secondary N) is 1. The minimum absolute atomic E-state index is 0.0139. The lowest BCUT2D eigenvalue weighted by Crippen LogP contribution is -2.31. The van der Waals surface area contributed by atoms with E-state index in [4.69, 9.17) is 0 Å². The summed E-state index contributed by atoms with van der Waals surface area (Å²) >= 11 is 1.60. The van der Waals surface area contributed by atoms with Gasteiger partial charge in [0.1, 0.15) is 0 Å². The summed E-state index contributed by atoms with van der Waals surface area (Å²) in [6.45, 7) is 5.74. The molecule has 0 saturated carbocycles. The van der Waals surface area contributed by atoms with Crippen LogP contribution in [0.5, 0.6) is 0 Å². The molecule has 2 rings (SSSR count). The number of aromatic nitrogens is 2. The first-order valence-corrected chi connectivity index (χ1v) is 7.09. The van der Waals surface area contributed by atoms with Crippen LogP contribution in [0.25, 0.3) is 0 Å². The van der Waals surface area contributed by atoms with Crippen molar-refractivity contribution in [3.8, 4) is 0 Å². The maximum atomic E-state index is 12.2. The van der Waals surface area contributed by atoms with Crippen molar-refractivity contribution in [2.75, 3.05) is 0 Å². The highest BCUT2D eigenvalue weighted by molar-refractivity contribution is 7.10. The Morgan fingerprint density at radius 3 is 2.68 bits per heavy atom. The van der Waals surface area contributed by atoms with E-state index in [0.29, 0.717) is 0 Å². The van der Waals surface area contributed by atoms with Gasteiger partial charge in [0.2, 0.25) is 5.91 Å². The number of hydrogen-bond acceptors (Lipinski definition) is 4. The molecule has 2 aromatic rings. The molecule has 5 heteroatoms. The van der Waals surface area contributed by atoms with Crippen LogP contribution >= 0.6 is 11.3 Å². The molecule has 0 radical (unpaired) electrons. The fraction of sp³-hybridized carbons (Fsp3) is 0.357. The molecule has 1 N–H and O–H groups in total. The third-order valence-corrected chi connectivity index (χ3v) is 4.11. The zero-order valence-electron chi connectivity index (χ0n) is 11.3. The SMILES string of the molecule is Cc1nccnc1[C@H](C)NC(=O)C(C)c1cccs1. The normalized spacial score (nSPS) is 13.8. The van der Waals surface area contributed by atoms with Gasteiger partial charge in [0.15, 0.2) is 0 Å². The number of carbonyl (C=O) groups excluding carboxylic acids is 1. The second-order valence-electron chi connectivity index (χ2n) is 4.49. The summed E-state index contributed by atoms with van der Waals surface area (Å²) in [5.41, 5.74) is 1.66. The highest BCUT2D eigenvalue weighted by atomic mass is 32.1. The number of thiophene rings is 1. The van der Waals surface area contributed by atoms with Gasteiger partial charge in [0.05, 0.1) is 23.3 Å². The molecule has 2 aromatic heterocycles. The Bertz CT molecular complexity index is 554. The van der Waals surface area contributed by atoms with Gasteiger partial charge in [-0.15, -0.1) is 11.3 Å². The standard InChI is InChI=1S/C14H17N3OS/c1-9(12-5-4-8-19-12)14(18)17-11(3)13-10(2)15-6-7-16-13/h4-9,11H,1-3H3,(H,17,18)/t9?,11-/m0/s1. The van der Waals surface area contributed by atoms with Gasteiger partial charge in [0, 0.05) is 17.3 Å². The molecule has 0 aliphatic carbocycles. The molecular weight excluding hydrogens is 258 g/mol. The minimum atomic E-state index is -0.139. The van der Waals surface area contributed by atoms with Gasteiger partial charge < -0.3 is 5.32 Å². The Balaban J connectivity index is 2.05. The van der Waals surface area contributed by atoms with E-state index in [1.807, 2.05) is 38.3 Å². The summed E-state index contributed by atoms with van der Waals surface area (Å²) in [4.78, 5) is 21.7. The van der Waals surface area contributed by atoms with Gasteiger partial charge in [-0.2, -0.15) is 0 Å². The van der Waals surface area contributed by atoms with E-state index >= 15 is 0 Å². The lowest BCUT2D eigenvalue weighted by atomic mass is 10.1. The lowest BCUT2D eigenvalue weighted by molar-refractivity contribution is -0.122. The second kappa shape index (κ2) is 5.93. The number of aryl methyl sites for hydroxylation is 1. The quantitative estimate of drug-likeness (QED) is 0.933. The molecule has 1 unspecified atom stereocenters. The van der Waals surface area contributed by atoms with E-state index in [-0.39, 0.29) is 17.9 Å². The zero-order chi connectivity index (χ0) is 13.8. The third kappa shape index (κ3) is 3.17. The number of amides is 1. The monoisotopic (exact) mass is 275 g/mol. The summed E-state index contributed by atoms with van der Waals surface area (Å²) in [6.07, 6.45) is 3.30. The Hall–Kier alpha value is -1.75. The van der Waals surface area contributed by atoms with E-state index in [1.54, 1.807) is 23.7 Å². The van der Waals surface area contributed by atoms with Crippen molar-refractivity contribution in [1.82, 2.24) is 15.3 Å². The predicted octanol–water partition coefficient (Wildman–Crippen LogP) is 2.83. The number of hydrogen-bond donors (Lipinski definition) is 1. The van der Waals surface area contributed by atoms with Crippen molar-refractivity contribution in [3.05, 3.63) is 46.2 Å². The molecule has 19 heavy (non-hydrogen) atoms. The molecule has 0 aromatic carbocycles. The fourth-order valence-electron chi connectivity index (χ4n) is 1.92. The van der Waals surface area contributed by atoms with Gasteiger partial charge >= 0.3 is 0 Å². The van der Waals surface area contributed by atoms with Crippen LogP contribution in [-0.2, 0) is 4.79 Å². The summed E-state index contributed by atoms with van der Waals surface area (Å²) in [5.74, 6) is -0.126. The van der Waals surface area contributed by atoms with Crippen LogP contribution < -0.4 is 5.32 Å². The predicted molar refractivity (Wildman–Crippen MR) is 76.1 cm³/mol. The van der Waals surface area contributed by atoms with Crippen LogP contribution in [0.2, 0.25) is 0 Å². The van der Waals surface area contributed by atoms with Crippen LogP contribution in [0.4, 0.5) is 0 Å². The van der Waals surface area contributed by atoms with Gasteiger partial charge in [-0.1, -0.05) is 6.07 Å². The third-order valence-electron chi connectivity index (χ3n) is 3.05. The Morgan fingerprint density at radius 1 is 1.32 bits per heavy atom. The Morgan fingerprint density at radius 2 is 2.05 bits per heavy atom. The molecule has 0 fully saturated rings. The van der Waals surface area contributed by atoms with Crippen LogP contribution in [0, 0.1) is 6.92 Å². The smallest absolute Gasteiger partial charge is 0.228 e. The zero-order valence-corrected chi connectivity index (χ0v) is 12.1. The first kappa shape index (κ1) is 13.7.